The number of furan rings is 1. The number of benzene rings is 1. The maximum atomic E-state index is 6.01. The van der Waals surface area contributed by atoms with E-state index in [4.69, 9.17) is 20.8 Å². The van der Waals surface area contributed by atoms with Crippen LogP contribution in [0.15, 0.2) is 34.9 Å². The SMILES string of the molecule is Cc1cc(OCc2occc2CNC(C)(C)C)ccc1Cl. The molecule has 4 heteroatoms. The summed E-state index contributed by atoms with van der Waals surface area (Å²) in [5.74, 6) is 1.64. The summed E-state index contributed by atoms with van der Waals surface area (Å²) in [6.07, 6.45) is 1.70. The van der Waals surface area contributed by atoms with E-state index in [1.807, 2.05) is 31.2 Å². The number of halogens is 1. The fourth-order valence-electron chi connectivity index (χ4n) is 1.87. The molecule has 0 aliphatic heterocycles. The van der Waals surface area contributed by atoms with Gasteiger partial charge in [0, 0.05) is 22.7 Å². The first kappa shape index (κ1) is 15.9. The standard InChI is InChI=1S/C17H22ClNO2/c1-12-9-14(5-6-15(12)18)21-11-16-13(7-8-20-16)10-19-17(2,3)4/h5-9,19H,10-11H2,1-4H3. The van der Waals surface area contributed by atoms with E-state index in [-0.39, 0.29) is 5.54 Å². The summed E-state index contributed by atoms with van der Waals surface area (Å²) in [7, 11) is 0. The molecule has 2 aromatic rings. The van der Waals surface area contributed by atoms with E-state index in [0.29, 0.717) is 6.61 Å². The number of aryl methyl sites for hydroxylation is 1. The van der Waals surface area contributed by atoms with E-state index < -0.39 is 0 Å². The highest BCUT2D eigenvalue weighted by Gasteiger charge is 2.12. The minimum Gasteiger partial charge on any atom is -0.486 e. The Labute approximate surface area is 131 Å². The topological polar surface area (TPSA) is 34.4 Å². The first-order valence-corrected chi connectivity index (χ1v) is 7.42. The van der Waals surface area contributed by atoms with Gasteiger partial charge in [-0.1, -0.05) is 11.6 Å². The third-order valence-corrected chi connectivity index (χ3v) is 3.57. The Hall–Kier alpha value is -1.45. The van der Waals surface area contributed by atoms with Gasteiger partial charge >= 0.3 is 0 Å². The predicted molar refractivity (Wildman–Crippen MR) is 85.8 cm³/mol. The fraction of sp³-hybridized carbons (Fsp3) is 0.412. The van der Waals surface area contributed by atoms with Crippen molar-refractivity contribution in [3.8, 4) is 5.75 Å². The number of nitrogens with one attached hydrogen (secondary N) is 1. The van der Waals surface area contributed by atoms with Crippen LogP contribution in [0, 0.1) is 6.92 Å². The second-order valence-electron chi connectivity index (χ2n) is 6.17. The molecule has 1 N–H and O–H groups in total. The van der Waals surface area contributed by atoms with Crippen LogP contribution in [0.25, 0.3) is 0 Å². The first-order valence-electron chi connectivity index (χ1n) is 7.04. The van der Waals surface area contributed by atoms with Gasteiger partial charge in [-0.2, -0.15) is 0 Å². The van der Waals surface area contributed by atoms with Gasteiger partial charge in [-0.25, -0.2) is 0 Å². The maximum Gasteiger partial charge on any atom is 0.146 e. The number of hydrogen-bond acceptors (Lipinski definition) is 3. The molecule has 3 nitrogen and oxygen atoms in total. The third kappa shape index (κ3) is 4.80. The lowest BCUT2D eigenvalue weighted by Gasteiger charge is -2.20. The van der Waals surface area contributed by atoms with Crippen LogP contribution < -0.4 is 10.1 Å². The lowest BCUT2D eigenvalue weighted by atomic mass is 10.1. The zero-order chi connectivity index (χ0) is 15.5. The lowest BCUT2D eigenvalue weighted by molar-refractivity contribution is 0.267. The van der Waals surface area contributed by atoms with Crippen molar-refractivity contribution in [2.24, 2.45) is 0 Å². The predicted octanol–water partition coefficient (Wildman–Crippen LogP) is 4.71. The van der Waals surface area contributed by atoms with Gasteiger partial charge in [-0.05, 0) is 57.5 Å². The van der Waals surface area contributed by atoms with Crippen molar-refractivity contribution in [3.63, 3.8) is 0 Å². The van der Waals surface area contributed by atoms with Crippen LogP contribution >= 0.6 is 11.6 Å². The zero-order valence-electron chi connectivity index (χ0n) is 13.0. The monoisotopic (exact) mass is 307 g/mol. The third-order valence-electron chi connectivity index (χ3n) is 3.15. The van der Waals surface area contributed by atoms with Crippen LogP contribution in [-0.4, -0.2) is 5.54 Å². The Morgan fingerprint density at radius 3 is 2.67 bits per heavy atom. The molecule has 0 unspecified atom stereocenters. The summed E-state index contributed by atoms with van der Waals surface area (Å²) in [6.45, 7) is 9.55. The van der Waals surface area contributed by atoms with Crippen molar-refractivity contribution in [1.82, 2.24) is 5.32 Å². The summed E-state index contributed by atoms with van der Waals surface area (Å²) in [6, 6.07) is 7.62. The van der Waals surface area contributed by atoms with Gasteiger partial charge in [0.2, 0.25) is 0 Å². The molecule has 114 valence electrons. The van der Waals surface area contributed by atoms with Crippen molar-refractivity contribution in [2.45, 2.75) is 46.4 Å². The van der Waals surface area contributed by atoms with Gasteiger partial charge in [-0.3, -0.25) is 0 Å². The number of hydrogen-bond donors (Lipinski definition) is 1. The molecule has 0 spiro atoms. The summed E-state index contributed by atoms with van der Waals surface area (Å²) < 4.78 is 11.3. The van der Waals surface area contributed by atoms with E-state index in [1.165, 1.54) is 0 Å². The molecule has 2 rings (SSSR count). The molecule has 1 aromatic carbocycles. The summed E-state index contributed by atoms with van der Waals surface area (Å²) in [4.78, 5) is 0. The van der Waals surface area contributed by atoms with Gasteiger partial charge in [0.25, 0.3) is 0 Å². The largest absolute Gasteiger partial charge is 0.486 e. The second-order valence-corrected chi connectivity index (χ2v) is 6.58. The second kappa shape index (κ2) is 6.54. The highest BCUT2D eigenvalue weighted by molar-refractivity contribution is 6.31. The average molecular weight is 308 g/mol. The van der Waals surface area contributed by atoms with Crippen LogP contribution in [0.5, 0.6) is 5.75 Å². The Balaban J connectivity index is 1.97. The van der Waals surface area contributed by atoms with Gasteiger partial charge < -0.3 is 14.5 Å². The van der Waals surface area contributed by atoms with Crippen molar-refractivity contribution < 1.29 is 9.15 Å². The molecule has 21 heavy (non-hydrogen) atoms. The van der Waals surface area contributed by atoms with Gasteiger partial charge in [0.1, 0.15) is 18.1 Å². The smallest absolute Gasteiger partial charge is 0.146 e. The molecular formula is C17H22ClNO2. The van der Waals surface area contributed by atoms with Gasteiger partial charge in [-0.15, -0.1) is 0 Å². The van der Waals surface area contributed by atoms with E-state index in [0.717, 1.165) is 34.2 Å². The zero-order valence-corrected chi connectivity index (χ0v) is 13.8. The molecule has 0 bridgehead atoms. The van der Waals surface area contributed by atoms with Crippen LogP contribution in [0.3, 0.4) is 0 Å². The molecule has 0 fully saturated rings. The Bertz CT molecular complexity index is 599. The van der Waals surface area contributed by atoms with Crippen molar-refractivity contribution in [2.75, 3.05) is 0 Å². The first-order chi connectivity index (χ1) is 9.85. The molecule has 1 heterocycles. The van der Waals surface area contributed by atoms with Crippen molar-refractivity contribution >= 4 is 11.6 Å². The molecule has 0 amide bonds. The van der Waals surface area contributed by atoms with Gasteiger partial charge in [0.05, 0.1) is 6.26 Å². The average Bonchev–Trinajstić information content (AvgIpc) is 2.84. The quantitative estimate of drug-likeness (QED) is 0.868. The van der Waals surface area contributed by atoms with Crippen molar-refractivity contribution in [1.29, 1.82) is 0 Å². The number of ether oxygens (including phenoxy) is 1. The molecular weight excluding hydrogens is 286 g/mol. The lowest BCUT2D eigenvalue weighted by Crippen LogP contribution is -2.35. The molecule has 0 saturated carbocycles. The number of rotatable bonds is 5. The summed E-state index contributed by atoms with van der Waals surface area (Å²) in [5.41, 5.74) is 2.20. The normalized spacial score (nSPS) is 11.7. The molecule has 0 aliphatic rings. The minimum atomic E-state index is 0.0721. The van der Waals surface area contributed by atoms with Crippen molar-refractivity contribution in [3.05, 3.63) is 52.4 Å². The van der Waals surface area contributed by atoms with Crippen LogP contribution in [0.4, 0.5) is 0 Å². The van der Waals surface area contributed by atoms with E-state index >= 15 is 0 Å². The van der Waals surface area contributed by atoms with Gasteiger partial charge in [0.15, 0.2) is 0 Å². The Kier molecular flexibility index (Phi) is 4.96. The van der Waals surface area contributed by atoms with E-state index in [2.05, 4.69) is 26.1 Å². The summed E-state index contributed by atoms with van der Waals surface area (Å²) >= 11 is 6.01. The van der Waals surface area contributed by atoms with Crippen LogP contribution in [-0.2, 0) is 13.2 Å². The molecule has 0 atom stereocenters. The van der Waals surface area contributed by atoms with Crippen LogP contribution in [0.2, 0.25) is 5.02 Å². The highest BCUT2D eigenvalue weighted by Crippen LogP contribution is 2.22. The van der Waals surface area contributed by atoms with E-state index in [9.17, 15) is 0 Å². The molecule has 0 radical (unpaired) electrons. The molecule has 0 saturated heterocycles. The molecule has 1 aromatic heterocycles. The molecule has 0 aliphatic carbocycles. The highest BCUT2D eigenvalue weighted by atomic mass is 35.5. The Morgan fingerprint density at radius 1 is 1.24 bits per heavy atom. The van der Waals surface area contributed by atoms with Crippen LogP contribution in [0.1, 0.15) is 37.7 Å². The Morgan fingerprint density at radius 2 is 2.00 bits per heavy atom. The summed E-state index contributed by atoms with van der Waals surface area (Å²) in [5, 5.41) is 4.19. The van der Waals surface area contributed by atoms with E-state index in [1.54, 1.807) is 6.26 Å². The fourth-order valence-corrected chi connectivity index (χ4v) is 1.98. The minimum absolute atomic E-state index is 0.0721. The maximum absolute atomic E-state index is 6.01.